The topological polar surface area (TPSA) is 41.6 Å². The van der Waals surface area contributed by atoms with Crippen LogP contribution in [0.4, 0.5) is 5.69 Å². The fourth-order valence-electron chi connectivity index (χ4n) is 2.99. The number of ether oxygens (including phenoxy) is 1. The maximum Gasteiger partial charge on any atom is 0.234 e. The zero-order chi connectivity index (χ0) is 19.1. The third-order valence-corrected chi connectivity index (χ3v) is 6.46. The molecule has 1 amide bonds. The maximum absolute atomic E-state index is 12.3. The molecule has 1 heterocycles. The Morgan fingerprint density at radius 3 is 2.59 bits per heavy atom. The molecule has 1 aliphatic rings. The van der Waals surface area contributed by atoms with Crippen LogP contribution in [0, 0.1) is 6.92 Å². The van der Waals surface area contributed by atoms with E-state index < -0.39 is 0 Å². The highest BCUT2D eigenvalue weighted by atomic mass is 32.2. The molecular weight excluding hydrogens is 376 g/mol. The largest absolute Gasteiger partial charge is 0.497 e. The predicted molar refractivity (Wildman–Crippen MR) is 116 cm³/mol. The summed E-state index contributed by atoms with van der Waals surface area (Å²) in [5.74, 6) is 3.67. The molecule has 0 saturated carbocycles. The minimum absolute atomic E-state index is 0.0136. The van der Waals surface area contributed by atoms with E-state index in [0.29, 0.717) is 5.75 Å². The Hall–Kier alpha value is -1.63. The number of benzene rings is 2. The van der Waals surface area contributed by atoms with Gasteiger partial charge in [0.25, 0.3) is 0 Å². The molecule has 0 aliphatic carbocycles. The average molecular weight is 403 g/mol. The second-order valence-electron chi connectivity index (χ2n) is 6.55. The Kier molecular flexibility index (Phi) is 7.50. The van der Waals surface area contributed by atoms with Gasteiger partial charge in [0, 0.05) is 41.7 Å². The van der Waals surface area contributed by atoms with Crippen molar-refractivity contribution in [2.24, 2.45) is 0 Å². The number of methoxy groups -OCH3 is 1. The smallest absolute Gasteiger partial charge is 0.234 e. The van der Waals surface area contributed by atoms with Gasteiger partial charge in [-0.15, -0.1) is 11.8 Å². The Morgan fingerprint density at radius 2 is 1.93 bits per heavy atom. The molecule has 0 aromatic heterocycles. The number of nitrogens with zero attached hydrogens (tertiary/aromatic N) is 1. The highest BCUT2D eigenvalue weighted by Crippen LogP contribution is 2.23. The molecule has 4 nitrogen and oxygen atoms in total. The molecule has 1 aliphatic heterocycles. The number of carbonyl (C=O) groups excluding carboxylic acids is 1. The number of carbonyl (C=O) groups is 1. The van der Waals surface area contributed by atoms with Gasteiger partial charge in [-0.2, -0.15) is 11.8 Å². The van der Waals surface area contributed by atoms with Crippen molar-refractivity contribution in [1.29, 1.82) is 0 Å². The van der Waals surface area contributed by atoms with Crippen LogP contribution in [0.25, 0.3) is 0 Å². The zero-order valence-corrected chi connectivity index (χ0v) is 17.5. The molecule has 2 aromatic carbocycles. The van der Waals surface area contributed by atoms with Crippen LogP contribution >= 0.6 is 23.5 Å². The summed E-state index contributed by atoms with van der Waals surface area (Å²) < 4.78 is 5.15. The van der Waals surface area contributed by atoms with Crippen LogP contribution in [0.1, 0.15) is 11.1 Å². The van der Waals surface area contributed by atoms with Gasteiger partial charge in [0.15, 0.2) is 0 Å². The van der Waals surface area contributed by atoms with Gasteiger partial charge < -0.3 is 10.1 Å². The molecule has 144 valence electrons. The van der Waals surface area contributed by atoms with E-state index >= 15 is 0 Å². The number of amides is 1. The normalized spacial score (nSPS) is 14.7. The van der Waals surface area contributed by atoms with Gasteiger partial charge in [0.1, 0.15) is 5.75 Å². The highest BCUT2D eigenvalue weighted by Gasteiger charge is 2.12. The van der Waals surface area contributed by atoms with Crippen LogP contribution in [-0.4, -0.2) is 48.3 Å². The summed E-state index contributed by atoms with van der Waals surface area (Å²) in [6.07, 6.45) is 0. The second kappa shape index (κ2) is 10.1. The van der Waals surface area contributed by atoms with Gasteiger partial charge in [-0.25, -0.2) is 0 Å². The minimum Gasteiger partial charge on any atom is -0.497 e. The molecule has 0 unspecified atom stereocenters. The number of nitrogens with one attached hydrogen (secondary N) is 1. The number of aryl methyl sites for hydroxylation is 1. The van der Waals surface area contributed by atoms with Crippen molar-refractivity contribution in [3.8, 4) is 5.75 Å². The standard InChI is InChI=1S/C21H26N2O2S2/c1-16-13-17(14-23-9-11-26-12-10-23)3-8-20(16)22-21(24)15-27-19-6-4-18(25-2)5-7-19/h3-8,13H,9-12,14-15H2,1-2H3,(H,22,24). The number of hydrogen-bond donors (Lipinski definition) is 1. The maximum atomic E-state index is 12.3. The average Bonchev–Trinajstić information content (AvgIpc) is 2.70. The molecule has 0 atom stereocenters. The van der Waals surface area contributed by atoms with Gasteiger partial charge in [0.2, 0.25) is 5.91 Å². The van der Waals surface area contributed by atoms with Gasteiger partial charge >= 0.3 is 0 Å². The van der Waals surface area contributed by atoms with Crippen LogP contribution < -0.4 is 10.1 Å². The first kappa shape index (κ1) is 20.1. The lowest BCUT2D eigenvalue weighted by molar-refractivity contribution is -0.113. The molecule has 1 fully saturated rings. The van der Waals surface area contributed by atoms with E-state index in [-0.39, 0.29) is 5.91 Å². The van der Waals surface area contributed by atoms with Crippen molar-refractivity contribution in [1.82, 2.24) is 4.90 Å². The minimum atomic E-state index is 0.0136. The molecule has 1 saturated heterocycles. The number of rotatable bonds is 7. The van der Waals surface area contributed by atoms with Crippen molar-refractivity contribution in [3.05, 3.63) is 53.6 Å². The van der Waals surface area contributed by atoms with Crippen molar-refractivity contribution < 1.29 is 9.53 Å². The lowest BCUT2D eigenvalue weighted by atomic mass is 10.1. The third kappa shape index (κ3) is 6.19. The lowest BCUT2D eigenvalue weighted by Gasteiger charge is -2.26. The summed E-state index contributed by atoms with van der Waals surface area (Å²) in [6, 6.07) is 14.1. The first-order valence-corrected chi connectivity index (χ1v) is 11.2. The molecule has 0 radical (unpaired) electrons. The van der Waals surface area contributed by atoms with E-state index in [0.717, 1.165) is 41.5 Å². The summed E-state index contributed by atoms with van der Waals surface area (Å²) in [5.41, 5.74) is 3.32. The van der Waals surface area contributed by atoms with Gasteiger partial charge in [0.05, 0.1) is 12.9 Å². The Morgan fingerprint density at radius 1 is 1.19 bits per heavy atom. The molecular formula is C21H26N2O2S2. The molecule has 3 rings (SSSR count). The first-order valence-electron chi connectivity index (χ1n) is 9.10. The Balaban J connectivity index is 1.50. The van der Waals surface area contributed by atoms with Crippen LogP contribution in [0.5, 0.6) is 5.75 Å². The molecule has 6 heteroatoms. The predicted octanol–water partition coefficient (Wildman–Crippen LogP) is 4.28. The zero-order valence-electron chi connectivity index (χ0n) is 15.9. The van der Waals surface area contributed by atoms with Crippen molar-refractivity contribution in [3.63, 3.8) is 0 Å². The van der Waals surface area contributed by atoms with E-state index in [1.54, 1.807) is 7.11 Å². The number of thioether (sulfide) groups is 2. The molecule has 2 aromatic rings. The number of hydrogen-bond acceptors (Lipinski definition) is 5. The lowest BCUT2D eigenvalue weighted by Crippen LogP contribution is -2.31. The summed E-state index contributed by atoms with van der Waals surface area (Å²) >= 11 is 3.55. The Bertz CT molecular complexity index is 759. The Labute approximate surface area is 170 Å². The van der Waals surface area contributed by atoms with E-state index in [9.17, 15) is 4.79 Å². The SMILES string of the molecule is COc1ccc(SCC(=O)Nc2ccc(CN3CCSCC3)cc2C)cc1. The molecule has 1 N–H and O–H groups in total. The second-order valence-corrected chi connectivity index (χ2v) is 8.82. The molecule has 27 heavy (non-hydrogen) atoms. The summed E-state index contributed by atoms with van der Waals surface area (Å²) in [7, 11) is 1.65. The van der Waals surface area contributed by atoms with E-state index in [4.69, 9.17) is 4.74 Å². The van der Waals surface area contributed by atoms with Crippen molar-refractivity contribution >= 4 is 35.1 Å². The van der Waals surface area contributed by atoms with Crippen LogP contribution in [0.2, 0.25) is 0 Å². The fraction of sp³-hybridized carbons (Fsp3) is 0.381. The molecule has 0 spiro atoms. The van der Waals surface area contributed by atoms with E-state index in [1.807, 2.05) is 42.1 Å². The fourth-order valence-corrected chi connectivity index (χ4v) is 4.67. The van der Waals surface area contributed by atoms with Gasteiger partial charge in [-0.05, 0) is 48.4 Å². The van der Waals surface area contributed by atoms with Crippen molar-refractivity contribution in [2.45, 2.75) is 18.4 Å². The summed E-state index contributed by atoms with van der Waals surface area (Å²) in [5, 5.41) is 3.03. The molecule has 0 bridgehead atoms. The van der Waals surface area contributed by atoms with Gasteiger partial charge in [-0.1, -0.05) is 12.1 Å². The van der Waals surface area contributed by atoms with Crippen LogP contribution in [0.3, 0.4) is 0 Å². The first-order chi connectivity index (χ1) is 13.1. The quantitative estimate of drug-likeness (QED) is 0.700. The van der Waals surface area contributed by atoms with Crippen LogP contribution in [0.15, 0.2) is 47.4 Å². The van der Waals surface area contributed by atoms with Crippen LogP contribution in [-0.2, 0) is 11.3 Å². The third-order valence-electron chi connectivity index (χ3n) is 4.50. The highest BCUT2D eigenvalue weighted by molar-refractivity contribution is 8.00. The van der Waals surface area contributed by atoms with Crippen molar-refractivity contribution in [2.75, 3.05) is 42.8 Å². The van der Waals surface area contributed by atoms with E-state index in [1.165, 1.54) is 28.8 Å². The van der Waals surface area contributed by atoms with E-state index in [2.05, 4.69) is 29.3 Å². The summed E-state index contributed by atoms with van der Waals surface area (Å²) in [6.45, 7) is 5.36. The monoisotopic (exact) mass is 402 g/mol. The summed E-state index contributed by atoms with van der Waals surface area (Å²) in [4.78, 5) is 15.8. The van der Waals surface area contributed by atoms with Gasteiger partial charge in [-0.3, -0.25) is 9.69 Å². The number of anilines is 1.